The van der Waals surface area contributed by atoms with Gasteiger partial charge in [0.2, 0.25) is 0 Å². The maximum Gasteiger partial charge on any atom is 0.339 e. The largest absolute Gasteiger partial charge is 0.465 e. The zero-order valence-electron chi connectivity index (χ0n) is 11.7. The minimum atomic E-state index is -0.421. The van der Waals surface area contributed by atoms with E-state index in [1.807, 2.05) is 6.07 Å². The van der Waals surface area contributed by atoms with Crippen LogP contribution in [0.25, 0.3) is 0 Å². The summed E-state index contributed by atoms with van der Waals surface area (Å²) in [6.45, 7) is 0. The lowest BCUT2D eigenvalue weighted by atomic mass is 10.1. The molecular formula is C17H16ClNO2. The molecule has 3 rings (SSSR count). The van der Waals surface area contributed by atoms with E-state index in [1.165, 1.54) is 18.2 Å². The van der Waals surface area contributed by atoms with Crippen molar-refractivity contribution in [1.82, 2.24) is 0 Å². The molecule has 1 N–H and O–H groups in total. The van der Waals surface area contributed by atoms with Gasteiger partial charge in [-0.3, -0.25) is 0 Å². The highest BCUT2D eigenvalue weighted by molar-refractivity contribution is 6.33. The van der Waals surface area contributed by atoms with Crippen LogP contribution in [0.15, 0.2) is 42.5 Å². The normalized spacial score (nSPS) is 16.4. The highest BCUT2D eigenvalue weighted by Gasteiger charge is 2.22. The molecule has 0 heterocycles. The number of hydrogen-bond donors (Lipinski definition) is 1. The van der Waals surface area contributed by atoms with Gasteiger partial charge < -0.3 is 10.1 Å². The summed E-state index contributed by atoms with van der Waals surface area (Å²) in [4.78, 5) is 11.7. The minimum absolute atomic E-state index is 0.271. The second kappa shape index (κ2) is 5.78. The molecule has 1 aliphatic carbocycles. The Morgan fingerprint density at radius 2 is 2.10 bits per heavy atom. The molecule has 0 amide bonds. The number of hydrogen-bond acceptors (Lipinski definition) is 3. The molecule has 0 aromatic heterocycles. The van der Waals surface area contributed by atoms with Gasteiger partial charge in [-0.05, 0) is 42.2 Å². The van der Waals surface area contributed by atoms with Gasteiger partial charge in [0.15, 0.2) is 0 Å². The maximum absolute atomic E-state index is 11.7. The highest BCUT2D eigenvalue weighted by atomic mass is 35.5. The van der Waals surface area contributed by atoms with Crippen LogP contribution in [0.5, 0.6) is 0 Å². The summed E-state index contributed by atoms with van der Waals surface area (Å²) >= 11 is 6.04. The van der Waals surface area contributed by atoms with E-state index in [9.17, 15) is 4.79 Å². The number of ether oxygens (including phenoxy) is 1. The van der Waals surface area contributed by atoms with Crippen LogP contribution in [0.3, 0.4) is 0 Å². The number of esters is 1. The van der Waals surface area contributed by atoms with Crippen molar-refractivity contribution in [3.05, 3.63) is 64.2 Å². The predicted octanol–water partition coefficient (Wildman–Crippen LogP) is 4.23. The Balaban J connectivity index is 1.85. The fourth-order valence-corrected chi connectivity index (χ4v) is 2.98. The number of rotatable bonds is 3. The van der Waals surface area contributed by atoms with Crippen LogP contribution in [0, 0.1) is 0 Å². The Hall–Kier alpha value is -2.00. The molecule has 0 saturated heterocycles. The molecule has 0 aliphatic heterocycles. The van der Waals surface area contributed by atoms with Crippen molar-refractivity contribution in [3.8, 4) is 0 Å². The molecule has 0 radical (unpaired) electrons. The molecule has 3 nitrogen and oxygen atoms in total. The topological polar surface area (TPSA) is 38.3 Å². The number of carbonyl (C=O) groups is 1. The molecular weight excluding hydrogens is 286 g/mol. The first-order valence-electron chi connectivity index (χ1n) is 6.91. The molecule has 1 unspecified atom stereocenters. The molecule has 2 aromatic carbocycles. The van der Waals surface area contributed by atoms with E-state index >= 15 is 0 Å². The van der Waals surface area contributed by atoms with Crippen LogP contribution < -0.4 is 5.32 Å². The number of carbonyl (C=O) groups excluding carboxylic acids is 1. The van der Waals surface area contributed by atoms with E-state index in [2.05, 4.69) is 29.6 Å². The van der Waals surface area contributed by atoms with Gasteiger partial charge in [-0.1, -0.05) is 35.9 Å². The summed E-state index contributed by atoms with van der Waals surface area (Å²) in [5.41, 5.74) is 3.97. The van der Waals surface area contributed by atoms with E-state index in [-0.39, 0.29) is 6.04 Å². The SMILES string of the molecule is COC(=O)c1cc(NC2CCc3ccccc32)ccc1Cl. The van der Waals surface area contributed by atoms with Gasteiger partial charge in [0.05, 0.1) is 23.7 Å². The number of methoxy groups -OCH3 is 1. The summed E-state index contributed by atoms with van der Waals surface area (Å²) in [6.07, 6.45) is 2.13. The molecule has 4 heteroatoms. The summed E-state index contributed by atoms with van der Waals surface area (Å²) in [7, 11) is 1.35. The monoisotopic (exact) mass is 301 g/mol. The fourth-order valence-electron chi connectivity index (χ4n) is 2.79. The van der Waals surface area contributed by atoms with Crippen molar-refractivity contribution in [2.45, 2.75) is 18.9 Å². The van der Waals surface area contributed by atoms with Crippen molar-refractivity contribution >= 4 is 23.3 Å². The standard InChI is InChI=1S/C17H16ClNO2/c1-21-17(20)14-10-12(7-8-15(14)18)19-16-9-6-11-4-2-3-5-13(11)16/h2-5,7-8,10,16,19H,6,9H2,1H3. The van der Waals surface area contributed by atoms with Crippen LogP contribution in [0.2, 0.25) is 5.02 Å². The first-order valence-corrected chi connectivity index (χ1v) is 7.29. The smallest absolute Gasteiger partial charge is 0.339 e. The quantitative estimate of drug-likeness (QED) is 0.862. The summed E-state index contributed by atoms with van der Waals surface area (Å²) in [5.74, 6) is -0.421. The molecule has 0 fully saturated rings. The van der Waals surface area contributed by atoms with Gasteiger partial charge in [-0.15, -0.1) is 0 Å². The highest BCUT2D eigenvalue weighted by Crippen LogP contribution is 2.34. The van der Waals surface area contributed by atoms with E-state index in [0.29, 0.717) is 10.6 Å². The van der Waals surface area contributed by atoms with Crippen LogP contribution in [-0.4, -0.2) is 13.1 Å². The number of benzene rings is 2. The fraction of sp³-hybridized carbons (Fsp3) is 0.235. The van der Waals surface area contributed by atoms with Crippen molar-refractivity contribution in [1.29, 1.82) is 0 Å². The average molecular weight is 302 g/mol. The van der Waals surface area contributed by atoms with Gasteiger partial charge in [-0.25, -0.2) is 4.79 Å². The van der Waals surface area contributed by atoms with Gasteiger partial charge in [0.25, 0.3) is 0 Å². The molecule has 1 atom stereocenters. The number of anilines is 1. The van der Waals surface area contributed by atoms with Crippen LogP contribution >= 0.6 is 11.6 Å². The number of nitrogens with one attached hydrogen (secondary N) is 1. The second-order valence-corrected chi connectivity index (χ2v) is 5.53. The van der Waals surface area contributed by atoms with Crippen molar-refractivity contribution in [2.24, 2.45) is 0 Å². The predicted molar refractivity (Wildman–Crippen MR) is 83.9 cm³/mol. The number of aryl methyl sites for hydroxylation is 1. The van der Waals surface area contributed by atoms with Gasteiger partial charge in [0, 0.05) is 5.69 Å². The van der Waals surface area contributed by atoms with E-state index in [4.69, 9.17) is 16.3 Å². The molecule has 0 bridgehead atoms. The lowest BCUT2D eigenvalue weighted by Crippen LogP contribution is -2.09. The van der Waals surface area contributed by atoms with Gasteiger partial charge in [-0.2, -0.15) is 0 Å². The summed E-state index contributed by atoms with van der Waals surface area (Å²) in [6, 6.07) is 14.1. The molecule has 1 aliphatic rings. The zero-order valence-corrected chi connectivity index (χ0v) is 12.5. The van der Waals surface area contributed by atoms with Crippen LogP contribution in [0.4, 0.5) is 5.69 Å². The van der Waals surface area contributed by atoms with Crippen LogP contribution in [0.1, 0.15) is 33.9 Å². The lowest BCUT2D eigenvalue weighted by molar-refractivity contribution is 0.0601. The minimum Gasteiger partial charge on any atom is -0.465 e. The molecule has 21 heavy (non-hydrogen) atoms. The second-order valence-electron chi connectivity index (χ2n) is 5.12. The Kier molecular flexibility index (Phi) is 3.84. The third-order valence-electron chi connectivity index (χ3n) is 3.85. The maximum atomic E-state index is 11.7. The van der Waals surface area contributed by atoms with Crippen molar-refractivity contribution in [3.63, 3.8) is 0 Å². The average Bonchev–Trinajstić information content (AvgIpc) is 2.92. The lowest BCUT2D eigenvalue weighted by Gasteiger charge is -2.16. The molecule has 2 aromatic rings. The first kappa shape index (κ1) is 14.0. The van der Waals surface area contributed by atoms with Crippen molar-refractivity contribution in [2.75, 3.05) is 12.4 Å². The molecule has 0 spiro atoms. The summed E-state index contributed by atoms with van der Waals surface area (Å²) in [5, 5.41) is 3.88. The van der Waals surface area contributed by atoms with Gasteiger partial charge >= 0.3 is 5.97 Å². The number of halogens is 1. The third kappa shape index (κ3) is 2.74. The Morgan fingerprint density at radius 1 is 1.29 bits per heavy atom. The van der Waals surface area contributed by atoms with E-state index < -0.39 is 5.97 Å². The van der Waals surface area contributed by atoms with Crippen molar-refractivity contribution < 1.29 is 9.53 Å². The molecule has 108 valence electrons. The van der Waals surface area contributed by atoms with Gasteiger partial charge in [0.1, 0.15) is 0 Å². The Labute approximate surface area is 128 Å². The Bertz CT molecular complexity index is 684. The summed E-state index contributed by atoms with van der Waals surface area (Å²) < 4.78 is 4.75. The third-order valence-corrected chi connectivity index (χ3v) is 4.18. The Morgan fingerprint density at radius 3 is 2.90 bits per heavy atom. The zero-order chi connectivity index (χ0) is 14.8. The van der Waals surface area contributed by atoms with E-state index in [0.717, 1.165) is 18.5 Å². The molecule has 0 saturated carbocycles. The van der Waals surface area contributed by atoms with E-state index in [1.54, 1.807) is 12.1 Å². The van der Waals surface area contributed by atoms with Crippen LogP contribution in [-0.2, 0) is 11.2 Å². The number of fused-ring (bicyclic) bond motifs is 1. The first-order chi connectivity index (χ1) is 10.2.